The Labute approximate surface area is 158 Å². The lowest BCUT2D eigenvalue weighted by molar-refractivity contribution is -0.128. The number of hydrogen-bond acceptors (Lipinski definition) is 4. The first-order valence-electron chi connectivity index (χ1n) is 9.48. The zero-order valence-electron chi connectivity index (χ0n) is 15.7. The Hall–Kier alpha value is -2.35. The number of carbonyl (C=O) groups excluding carboxylic acids is 2. The van der Waals surface area contributed by atoms with E-state index in [-0.39, 0.29) is 24.6 Å². The summed E-state index contributed by atoms with van der Waals surface area (Å²) in [6.07, 6.45) is 2.43. The third-order valence-corrected chi connectivity index (χ3v) is 5.33. The minimum Gasteiger partial charge on any atom is -0.394 e. The Morgan fingerprint density at radius 3 is 2.74 bits per heavy atom. The molecule has 148 valence electrons. The number of carbonyl (C=O) groups is 2. The van der Waals surface area contributed by atoms with Crippen LogP contribution < -0.4 is 10.2 Å². The largest absolute Gasteiger partial charge is 0.394 e. The highest BCUT2D eigenvalue weighted by Gasteiger charge is 2.29. The molecule has 0 aliphatic carbocycles. The first-order valence-corrected chi connectivity index (χ1v) is 9.48. The van der Waals surface area contributed by atoms with Gasteiger partial charge in [0.25, 0.3) is 0 Å². The van der Waals surface area contributed by atoms with Crippen molar-refractivity contribution in [2.45, 2.75) is 32.2 Å². The van der Waals surface area contributed by atoms with E-state index in [0.29, 0.717) is 31.9 Å². The molecule has 2 heterocycles. The van der Waals surface area contributed by atoms with Gasteiger partial charge in [-0.05, 0) is 37.5 Å². The fourth-order valence-corrected chi connectivity index (χ4v) is 3.84. The van der Waals surface area contributed by atoms with Crippen LogP contribution in [0.25, 0.3) is 0 Å². The van der Waals surface area contributed by atoms with E-state index in [1.165, 1.54) is 12.1 Å². The molecule has 0 radical (unpaired) electrons. The van der Waals surface area contributed by atoms with E-state index in [2.05, 4.69) is 10.2 Å². The molecule has 1 atom stereocenters. The number of aliphatic hydroxyl groups is 1. The van der Waals surface area contributed by atoms with Crippen molar-refractivity contribution in [2.75, 3.05) is 49.5 Å². The van der Waals surface area contributed by atoms with Crippen molar-refractivity contribution in [3.05, 3.63) is 24.0 Å². The molecule has 7 nitrogen and oxygen atoms in total. The summed E-state index contributed by atoms with van der Waals surface area (Å²) >= 11 is 0. The molecule has 0 bridgehead atoms. The summed E-state index contributed by atoms with van der Waals surface area (Å²) in [5.41, 5.74) is 1.16. The quantitative estimate of drug-likeness (QED) is 0.842. The fourth-order valence-electron chi connectivity index (χ4n) is 3.84. The number of amides is 3. The summed E-state index contributed by atoms with van der Waals surface area (Å²) in [5, 5.41) is 12.3. The van der Waals surface area contributed by atoms with Crippen LogP contribution in [0.4, 0.5) is 20.6 Å². The highest BCUT2D eigenvalue weighted by atomic mass is 19.1. The van der Waals surface area contributed by atoms with Crippen molar-refractivity contribution in [3.63, 3.8) is 0 Å². The van der Waals surface area contributed by atoms with Gasteiger partial charge in [0.15, 0.2) is 0 Å². The number of nitrogens with zero attached hydrogens (tertiary/aromatic N) is 3. The Balaban J connectivity index is 1.77. The van der Waals surface area contributed by atoms with Gasteiger partial charge >= 0.3 is 6.03 Å². The number of aliphatic hydroxyl groups excluding tert-OH is 1. The minimum atomic E-state index is -0.422. The highest BCUT2D eigenvalue weighted by Crippen LogP contribution is 2.29. The summed E-state index contributed by atoms with van der Waals surface area (Å²) < 4.78 is 13.9. The van der Waals surface area contributed by atoms with Gasteiger partial charge in [-0.1, -0.05) is 0 Å². The third kappa shape index (κ3) is 4.50. The van der Waals surface area contributed by atoms with Crippen molar-refractivity contribution in [2.24, 2.45) is 0 Å². The second-order valence-corrected chi connectivity index (χ2v) is 7.11. The Kier molecular flexibility index (Phi) is 6.15. The average molecular weight is 378 g/mol. The van der Waals surface area contributed by atoms with E-state index in [9.17, 15) is 19.1 Å². The van der Waals surface area contributed by atoms with E-state index in [1.54, 1.807) is 22.8 Å². The van der Waals surface area contributed by atoms with Gasteiger partial charge in [-0.2, -0.15) is 0 Å². The molecule has 2 N–H and O–H groups in total. The summed E-state index contributed by atoms with van der Waals surface area (Å²) in [4.78, 5) is 29.8. The van der Waals surface area contributed by atoms with Gasteiger partial charge in [0, 0.05) is 39.6 Å². The van der Waals surface area contributed by atoms with Gasteiger partial charge in [0.1, 0.15) is 5.82 Å². The van der Waals surface area contributed by atoms with E-state index < -0.39 is 5.82 Å². The number of anilines is 2. The van der Waals surface area contributed by atoms with Crippen molar-refractivity contribution >= 4 is 23.3 Å². The molecule has 2 fully saturated rings. The van der Waals surface area contributed by atoms with Crippen molar-refractivity contribution in [1.82, 2.24) is 9.80 Å². The lowest BCUT2D eigenvalue weighted by Crippen LogP contribution is -2.41. The normalized spacial score (nSPS) is 20.6. The van der Waals surface area contributed by atoms with Crippen LogP contribution in [0.15, 0.2) is 18.2 Å². The molecule has 3 amide bonds. The van der Waals surface area contributed by atoms with Crippen LogP contribution in [0.5, 0.6) is 0 Å². The predicted molar refractivity (Wildman–Crippen MR) is 101 cm³/mol. The van der Waals surface area contributed by atoms with Crippen molar-refractivity contribution in [1.29, 1.82) is 0 Å². The van der Waals surface area contributed by atoms with Gasteiger partial charge in [-0.25, -0.2) is 9.18 Å². The molecule has 1 aromatic carbocycles. The second kappa shape index (κ2) is 8.56. The molecule has 27 heavy (non-hydrogen) atoms. The average Bonchev–Trinajstić information content (AvgIpc) is 2.98. The van der Waals surface area contributed by atoms with Gasteiger partial charge in [0.2, 0.25) is 5.91 Å². The zero-order chi connectivity index (χ0) is 19.4. The van der Waals surface area contributed by atoms with E-state index >= 15 is 0 Å². The van der Waals surface area contributed by atoms with Crippen LogP contribution in [0.2, 0.25) is 0 Å². The molecule has 0 aromatic heterocycles. The van der Waals surface area contributed by atoms with Gasteiger partial charge in [0.05, 0.1) is 24.0 Å². The highest BCUT2D eigenvalue weighted by molar-refractivity contribution is 5.93. The Bertz CT molecular complexity index is 700. The molecule has 2 saturated heterocycles. The number of halogens is 1. The molecule has 8 heteroatoms. The topological polar surface area (TPSA) is 76.1 Å². The lowest BCUT2D eigenvalue weighted by Gasteiger charge is -2.28. The van der Waals surface area contributed by atoms with Gasteiger partial charge in [-0.3, -0.25) is 4.79 Å². The number of rotatable bonds is 3. The van der Waals surface area contributed by atoms with Crippen LogP contribution in [-0.2, 0) is 4.79 Å². The zero-order valence-corrected chi connectivity index (χ0v) is 15.7. The molecule has 0 saturated carbocycles. The van der Waals surface area contributed by atoms with Gasteiger partial charge < -0.3 is 25.1 Å². The minimum absolute atomic E-state index is 0.0496. The van der Waals surface area contributed by atoms with Crippen LogP contribution >= 0.6 is 0 Å². The van der Waals surface area contributed by atoms with Crippen LogP contribution in [0.3, 0.4) is 0 Å². The molecule has 0 unspecified atom stereocenters. The van der Waals surface area contributed by atoms with Crippen molar-refractivity contribution < 1.29 is 19.1 Å². The second-order valence-electron chi connectivity index (χ2n) is 7.11. The maximum Gasteiger partial charge on any atom is 0.322 e. The Morgan fingerprint density at radius 1 is 1.19 bits per heavy atom. The SMILES string of the molecule is CC(=O)N1CCCN(c2ccc(F)cc2NC(=O)N2CCC[C@@H]2CO)CC1. The van der Waals surface area contributed by atoms with Crippen LogP contribution in [0.1, 0.15) is 26.2 Å². The molecular formula is C19H27FN4O3. The molecular weight excluding hydrogens is 351 g/mol. The number of hydrogen-bond donors (Lipinski definition) is 2. The molecule has 2 aliphatic rings. The monoisotopic (exact) mass is 378 g/mol. The standard InChI is InChI=1S/C19H27FN4O3/c1-14(26)22-7-3-8-23(11-10-22)18-6-5-15(20)12-17(18)21-19(27)24-9-2-4-16(24)13-25/h5-6,12,16,25H,2-4,7-11,13H2,1H3,(H,21,27)/t16-/m1/s1. The van der Waals surface area contributed by atoms with Crippen molar-refractivity contribution in [3.8, 4) is 0 Å². The maximum atomic E-state index is 13.9. The first-order chi connectivity index (χ1) is 13.0. The van der Waals surface area contributed by atoms with E-state index in [4.69, 9.17) is 0 Å². The van der Waals surface area contributed by atoms with E-state index in [1.807, 2.05) is 0 Å². The first kappa shape index (κ1) is 19.4. The number of nitrogens with one attached hydrogen (secondary N) is 1. The number of urea groups is 1. The van der Waals surface area contributed by atoms with Gasteiger partial charge in [-0.15, -0.1) is 0 Å². The molecule has 2 aliphatic heterocycles. The molecule has 1 aromatic rings. The summed E-state index contributed by atoms with van der Waals surface area (Å²) in [6, 6.07) is 3.86. The van der Waals surface area contributed by atoms with Crippen LogP contribution in [-0.4, -0.2) is 72.2 Å². The Morgan fingerprint density at radius 2 is 2.00 bits per heavy atom. The van der Waals surface area contributed by atoms with E-state index in [0.717, 1.165) is 31.5 Å². The lowest BCUT2D eigenvalue weighted by atomic mass is 10.2. The number of likely N-dealkylation sites (tertiary alicyclic amines) is 1. The maximum absolute atomic E-state index is 13.9. The molecule has 3 rings (SSSR count). The predicted octanol–water partition coefficient (Wildman–Crippen LogP) is 1.87. The third-order valence-electron chi connectivity index (χ3n) is 5.33. The smallest absolute Gasteiger partial charge is 0.322 e. The number of benzene rings is 1. The fraction of sp³-hybridized carbons (Fsp3) is 0.579. The summed E-state index contributed by atoms with van der Waals surface area (Å²) in [5.74, 6) is -0.372. The summed E-state index contributed by atoms with van der Waals surface area (Å²) in [7, 11) is 0. The summed E-state index contributed by atoms with van der Waals surface area (Å²) in [6.45, 7) is 4.71. The van der Waals surface area contributed by atoms with Crippen LogP contribution in [0, 0.1) is 5.82 Å². The molecule has 0 spiro atoms.